The van der Waals surface area contributed by atoms with E-state index in [9.17, 15) is 4.79 Å². The van der Waals surface area contributed by atoms with Crippen LogP contribution in [0.2, 0.25) is 0 Å². The molecule has 23 heavy (non-hydrogen) atoms. The van der Waals surface area contributed by atoms with E-state index in [0.29, 0.717) is 31.3 Å². The van der Waals surface area contributed by atoms with Crippen LogP contribution in [-0.4, -0.2) is 58.1 Å². The molecule has 1 fully saturated rings. The maximum absolute atomic E-state index is 12.4. The van der Waals surface area contributed by atoms with E-state index in [1.54, 1.807) is 6.92 Å². The number of nitrogens with two attached hydrogens (primary N) is 1. The number of amides is 1. The number of piperazine rings is 1. The quantitative estimate of drug-likeness (QED) is 0.864. The number of nitrogens with zero attached hydrogens (tertiary/aromatic N) is 4. The van der Waals surface area contributed by atoms with E-state index in [4.69, 9.17) is 10.3 Å². The summed E-state index contributed by atoms with van der Waals surface area (Å²) in [6.07, 6.45) is 0. The lowest BCUT2D eigenvalue weighted by atomic mass is 9.86. The molecule has 1 aromatic rings. The minimum absolute atomic E-state index is 0. The van der Waals surface area contributed by atoms with Crippen molar-refractivity contribution in [3.63, 3.8) is 0 Å². The molecule has 9 heteroatoms. The maximum atomic E-state index is 12.4. The molecule has 0 unspecified atom stereocenters. The van der Waals surface area contributed by atoms with Crippen LogP contribution in [0, 0.1) is 12.3 Å². The molecule has 2 rings (SSSR count). The number of aryl methyl sites for hydroxylation is 1. The molecule has 7 nitrogen and oxygen atoms in total. The lowest BCUT2D eigenvalue weighted by molar-refractivity contribution is -0.136. The average Bonchev–Trinajstić information content (AvgIpc) is 2.82. The van der Waals surface area contributed by atoms with Gasteiger partial charge in [-0.3, -0.25) is 9.69 Å². The molecule has 1 aliphatic heterocycles. The van der Waals surface area contributed by atoms with Gasteiger partial charge < -0.3 is 15.2 Å². The molecule has 0 bridgehead atoms. The minimum atomic E-state index is -0.455. The summed E-state index contributed by atoms with van der Waals surface area (Å²) in [5.74, 6) is 1.31. The highest BCUT2D eigenvalue weighted by Crippen LogP contribution is 2.20. The Bertz CT molecular complexity index is 496. The molecule has 1 aromatic heterocycles. The highest BCUT2D eigenvalue weighted by atomic mass is 35.5. The number of aromatic nitrogens is 2. The summed E-state index contributed by atoms with van der Waals surface area (Å²) in [4.78, 5) is 20.6. The predicted molar refractivity (Wildman–Crippen MR) is 92.8 cm³/mol. The lowest BCUT2D eigenvalue weighted by Gasteiger charge is -2.37. The van der Waals surface area contributed by atoms with E-state index >= 15 is 0 Å². The third kappa shape index (κ3) is 5.91. The zero-order valence-electron chi connectivity index (χ0n) is 14.1. The van der Waals surface area contributed by atoms with E-state index in [1.165, 1.54) is 0 Å². The molecule has 1 saturated heterocycles. The molecular formula is C14H27Cl2N5O2. The molecule has 134 valence electrons. The summed E-state index contributed by atoms with van der Waals surface area (Å²) in [5, 5.41) is 3.90. The summed E-state index contributed by atoms with van der Waals surface area (Å²) in [7, 11) is 0. The fourth-order valence-corrected chi connectivity index (χ4v) is 2.30. The monoisotopic (exact) mass is 367 g/mol. The van der Waals surface area contributed by atoms with Crippen LogP contribution in [0.1, 0.15) is 32.5 Å². The number of carbonyl (C=O) groups is 1. The Balaban J connectivity index is 0.00000242. The Morgan fingerprint density at radius 3 is 2.26 bits per heavy atom. The van der Waals surface area contributed by atoms with Crippen molar-refractivity contribution in [2.45, 2.75) is 40.3 Å². The zero-order valence-corrected chi connectivity index (χ0v) is 15.7. The molecule has 1 atom stereocenters. The standard InChI is InChI=1S/C14H25N5O2.2ClH/c1-10-16-11(17-21-10)9-18-5-7-19(8-6-18)13(20)12(15)14(2,3)4;;/h12H,5-9,15H2,1-4H3;2*1H/t12-;;/m1../s1. The lowest BCUT2D eigenvalue weighted by Crippen LogP contribution is -2.56. The van der Waals surface area contributed by atoms with Crippen LogP contribution in [-0.2, 0) is 11.3 Å². The van der Waals surface area contributed by atoms with Crippen molar-refractivity contribution in [3.05, 3.63) is 11.7 Å². The first-order chi connectivity index (χ1) is 9.77. The summed E-state index contributed by atoms with van der Waals surface area (Å²) < 4.78 is 4.97. The number of carbonyl (C=O) groups excluding carboxylic acids is 1. The van der Waals surface area contributed by atoms with Crippen molar-refractivity contribution in [2.24, 2.45) is 11.1 Å². The van der Waals surface area contributed by atoms with Crippen molar-refractivity contribution in [3.8, 4) is 0 Å². The van der Waals surface area contributed by atoms with E-state index in [0.717, 1.165) is 13.1 Å². The molecule has 0 aromatic carbocycles. The largest absolute Gasteiger partial charge is 0.340 e. The topological polar surface area (TPSA) is 88.5 Å². The second kappa shape index (κ2) is 8.82. The smallest absolute Gasteiger partial charge is 0.240 e. The Morgan fingerprint density at radius 2 is 1.83 bits per heavy atom. The minimum Gasteiger partial charge on any atom is -0.340 e. The first-order valence-electron chi connectivity index (χ1n) is 7.33. The van der Waals surface area contributed by atoms with Crippen LogP contribution >= 0.6 is 24.8 Å². The number of rotatable bonds is 3. The van der Waals surface area contributed by atoms with E-state index in [1.807, 2.05) is 25.7 Å². The van der Waals surface area contributed by atoms with Crippen molar-refractivity contribution in [2.75, 3.05) is 26.2 Å². The summed E-state index contributed by atoms with van der Waals surface area (Å²) in [5.41, 5.74) is 5.84. The highest BCUT2D eigenvalue weighted by molar-refractivity contribution is 5.85. The van der Waals surface area contributed by atoms with Gasteiger partial charge in [-0.05, 0) is 5.41 Å². The van der Waals surface area contributed by atoms with Crippen molar-refractivity contribution < 1.29 is 9.32 Å². The highest BCUT2D eigenvalue weighted by Gasteiger charge is 2.32. The van der Waals surface area contributed by atoms with Crippen LogP contribution in [0.5, 0.6) is 0 Å². The first-order valence-corrected chi connectivity index (χ1v) is 7.33. The molecule has 2 N–H and O–H groups in total. The molecule has 0 spiro atoms. The molecular weight excluding hydrogens is 341 g/mol. The zero-order chi connectivity index (χ0) is 15.6. The molecule has 0 radical (unpaired) electrons. The Kier molecular flexibility index (Phi) is 8.48. The van der Waals surface area contributed by atoms with Crippen molar-refractivity contribution in [1.82, 2.24) is 19.9 Å². The van der Waals surface area contributed by atoms with Crippen molar-refractivity contribution in [1.29, 1.82) is 0 Å². The van der Waals surface area contributed by atoms with Gasteiger partial charge in [-0.1, -0.05) is 25.9 Å². The number of halogens is 2. The first kappa shape index (κ1) is 22.1. The van der Waals surface area contributed by atoms with Crippen LogP contribution in [0.4, 0.5) is 0 Å². The van der Waals surface area contributed by atoms with Gasteiger partial charge in [-0.15, -0.1) is 24.8 Å². The van der Waals surface area contributed by atoms with Gasteiger partial charge in [0, 0.05) is 33.1 Å². The normalized spacial score (nSPS) is 17.2. The van der Waals surface area contributed by atoms with Gasteiger partial charge in [0.05, 0.1) is 12.6 Å². The molecule has 0 saturated carbocycles. The Hall–Kier alpha value is -0.890. The van der Waals surface area contributed by atoms with E-state index < -0.39 is 6.04 Å². The third-order valence-corrected chi connectivity index (χ3v) is 3.82. The van der Waals surface area contributed by atoms with Gasteiger partial charge in [-0.25, -0.2) is 0 Å². The van der Waals surface area contributed by atoms with Crippen LogP contribution in [0.3, 0.4) is 0 Å². The Labute approximate surface area is 149 Å². The predicted octanol–water partition coefficient (Wildman–Crippen LogP) is 1.24. The van der Waals surface area contributed by atoms with Gasteiger partial charge in [0.25, 0.3) is 0 Å². The molecule has 0 aliphatic carbocycles. The van der Waals surface area contributed by atoms with E-state index in [2.05, 4.69) is 15.0 Å². The number of hydrogen-bond donors (Lipinski definition) is 1. The van der Waals surface area contributed by atoms with Crippen LogP contribution < -0.4 is 5.73 Å². The second-order valence-electron chi connectivity index (χ2n) is 6.67. The van der Waals surface area contributed by atoms with Gasteiger partial charge in [0.2, 0.25) is 11.8 Å². The third-order valence-electron chi connectivity index (χ3n) is 3.82. The summed E-state index contributed by atoms with van der Waals surface area (Å²) in [6.45, 7) is 11.4. The van der Waals surface area contributed by atoms with E-state index in [-0.39, 0.29) is 36.1 Å². The van der Waals surface area contributed by atoms with Crippen molar-refractivity contribution >= 4 is 30.7 Å². The second-order valence-corrected chi connectivity index (χ2v) is 6.67. The molecule has 1 amide bonds. The fourth-order valence-electron chi connectivity index (χ4n) is 2.30. The molecule has 1 aliphatic rings. The summed E-state index contributed by atoms with van der Waals surface area (Å²) in [6, 6.07) is -0.455. The SMILES string of the molecule is Cc1nc(CN2CCN(C(=O)[C@@H](N)C(C)(C)C)CC2)no1.Cl.Cl. The fraction of sp³-hybridized carbons (Fsp3) is 0.786. The van der Waals surface area contributed by atoms with Gasteiger partial charge in [-0.2, -0.15) is 4.98 Å². The van der Waals surface area contributed by atoms with Gasteiger partial charge in [0.1, 0.15) is 0 Å². The van der Waals surface area contributed by atoms with Gasteiger partial charge in [0.15, 0.2) is 5.82 Å². The average molecular weight is 368 g/mol. The number of hydrogen-bond acceptors (Lipinski definition) is 6. The van der Waals surface area contributed by atoms with Crippen LogP contribution in [0.25, 0.3) is 0 Å². The maximum Gasteiger partial charge on any atom is 0.240 e. The van der Waals surface area contributed by atoms with Gasteiger partial charge >= 0.3 is 0 Å². The molecule has 2 heterocycles. The summed E-state index contributed by atoms with van der Waals surface area (Å²) >= 11 is 0. The Morgan fingerprint density at radius 1 is 1.26 bits per heavy atom. The van der Waals surface area contributed by atoms with Crippen LogP contribution in [0.15, 0.2) is 4.52 Å².